The number of fused-ring (bicyclic) bond motifs is 2. The van der Waals surface area contributed by atoms with Crippen LogP contribution in [0.5, 0.6) is 0 Å². The van der Waals surface area contributed by atoms with Gasteiger partial charge in [0, 0.05) is 5.69 Å². The SMILES string of the molecule is O=C1Nc2ccccc2N(c2ccccc2)CC1Nc1nc2ccccc2o1. The minimum Gasteiger partial charge on any atom is -0.424 e. The number of aromatic nitrogens is 1. The van der Waals surface area contributed by atoms with E-state index in [9.17, 15) is 4.79 Å². The Labute approximate surface area is 161 Å². The van der Waals surface area contributed by atoms with Crippen molar-refractivity contribution < 1.29 is 9.21 Å². The van der Waals surface area contributed by atoms with Crippen molar-refractivity contribution in [1.29, 1.82) is 0 Å². The van der Waals surface area contributed by atoms with Crippen LogP contribution in [0, 0.1) is 0 Å². The lowest BCUT2D eigenvalue weighted by Crippen LogP contribution is -2.40. The quantitative estimate of drug-likeness (QED) is 0.559. The van der Waals surface area contributed by atoms with Crippen molar-refractivity contribution in [2.75, 3.05) is 22.1 Å². The van der Waals surface area contributed by atoms with Crippen LogP contribution in [0.15, 0.2) is 83.3 Å². The molecule has 6 heteroatoms. The van der Waals surface area contributed by atoms with Gasteiger partial charge in [0.15, 0.2) is 5.58 Å². The number of carbonyl (C=O) groups is 1. The molecule has 2 heterocycles. The molecule has 4 aromatic rings. The molecule has 3 aromatic carbocycles. The Hall–Kier alpha value is -3.80. The number of hydrogen-bond acceptors (Lipinski definition) is 5. The van der Waals surface area contributed by atoms with E-state index in [0.29, 0.717) is 18.1 Å². The molecule has 1 aliphatic heterocycles. The molecular weight excluding hydrogens is 352 g/mol. The molecule has 0 fully saturated rings. The van der Waals surface area contributed by atoms with E-state index in [1.807, 2.05) is 78.9 Å². The number of anilines is 4. The van der Waals surface area contributed by atoms with Crippen LogP contribution < -0.4 is 15.5 Å². The van der Waals surface area contributed by atoms with Gasteiger partial charge in [0.25, 0.3) is 6.01 Å². The molecule has 1 atom stereocenters. The van der Waals surface area contributed by atoms with E-state index in [2.05, 4.69) is 20.5 Å². The zero-order valence-electron chi connectivity index (χ0n) is 15.0. The number of para-hydroxylation sites is 5. The van der Waals surface area contributed by atoms with Crippen LogP contribution in [0.25, 0.3) is 11.1 Å². The lowest BCUT2D eigenvalue weighted by molar-refractivity contribution is -0.116. The van der Waals surface area contributed by atoms with Gasteiger partial charge in [-0.25, -0.2) is 0 Å². The minimum absolute atomic E-state index is 0.131. The molecule has 0 saturated heterocycles. The van der Waals surface area contributed by atoms with Crippen molar-refractivity contribution >= 4 is 40.1 Å². The van der Waals surface area contributed by atoms with Crippen molar-refractivity contribution in [1.82, 2.24) is 4.98 Å². The number of nitrogens with zero attached hydrogens (tertiary/aromatic N) is 2. The molecule has 1 aliphatic rings. The fourth-order valence-corrected chi connectivity index (χ4v) is 3.45. The highest BCUT2D eigenvalue weighted by Crippen LogP contribution is 2.34. The molecule has 2 N–H and O–H groups in total. The molecule has 0 aliphatic carbocycles. The highest BCUT2D eigenvalue weighted by molar-refractivity contribution is 6.02. The average molecular weight is 370 g/mol. The highest BCUT2D eigenvalue weighted by Gasteiger charge is 2.29. The summed E-state index contributed by atoms with van der Waals surface area (Å²) in [6, 6.07) is 25.1. The molecule has 5 rings (SSSR count). The van der Waals surface area contributed by atoms with Crippen molar-refractivity contribution in [2.24, 2.45) is 0 Å². The van der Waals surface area contributed by atoms with E-state index in [1.54, 1.807) is 0 Å². The Morgan fingerprint density at radius 3 is 2.57 bits per heavy atom. The van der Waals surface area contributed by atoms with E-state index in [4.69, 9.17) is 4.42 Å². The Morgan fingerprint density at radius 2 is 1.71 bits per heavy atom. The van der Waals surface area contributed by atoms with Crippen molar-refractivity contribution in [2.45, 2.75) is 6.04 Å². The molecule has 1 amide bonds. The Balaban J connectivity index is 1.51. The van der Waals surface area contributed by atoms with Crippen molar-refractivity contribution in [3.8, 4) is 0 Å². The summed E-state index contributed by atoms with van der Waals surface area (Å²) in [5.41, 5.74) is 4.17. The Bertz CT molecular complexity index is 1110. The van der Waals surface area contributed by atoms with Crippen molar-refractivity contribution in [3.05, 3.63) is 78.9 Å². The number of benzene rings is 3. The molecule has 6 nitrogen and oxygen atoms in total. The van der Waals surface area contributed by atoms with Crippen LogP contribution in [0.1, 0.15) is 0 Å². The predicted octanol–water partition coefficient (Wildman–Crippen LogP) is 4.40. The maximum Gasteiger partial charge on any atom is 0.296 e. The Morgan fingerprint density at radius 1 is 0.964 bits per heavy atom. The molecule has 1 aromatic heterocycles. The number of carbonyl (C=O) groups excluding carboxylic acids is 1. The summed E-state index contributed by atoms with van der Waals surface area (Å²) < 4.78 is 5.76. The zero-order valence-corrected chi connectivity index (χ0v) is 15.0. The minimum atomic E-state index is -0.541. The van der Waals surface area contributed by atoms with Gasteiger partial charge in [0.1, 0.15) is 11.6 Å². The molecule has 0 saturated carbocycles. The molecule has 0 radical (unpaired) electrons. The van der Waals surface area contributed by atoms with Gasteiger partial charge in [-0.05, 0) is 36.4 Å². The lowest BCUT2D eigenvalue weighted by atomic mass is 10.2. The van der Waals surface area contributed by atoms with Crippen LogP contribution in [0.4, 0.5) is 23.1 Å². The van der Waals surface area contributed by atoms with Crippen molar-refractivity contribution in [3.63, 3.8) is 0 Å². The lowest BCUT2D eigenvalue weighted by Gasteiger charge is -2.26. The van der Waals surface area contributed by atoms with Gasteiger partial charge in [-0.15, -0.1) is 0 Å². The average Bonchev–Trinajstić information content (AvgIpc) is 3.08. The molecule has 138 valence electrons. The van der Waals surface area contributed by atoms with Gasteiger partial charge in [-0.2, -0.15) is 4.98 Å². The topological polar surface area (TPSA) is 70.4 Å². The van der Waals surface area contributed by atoms with E-state index in [1.165, 1.54) is 0 Å². The summed E-state index contributed by atoms with van der Waals surface area (Å²) in [6.45, 7) is 0.436. The fraction of sp³-hybridized carbons (Fsp3) is 0.0909. The molecular formula is C22H18N4O2. The first-order valence-corrected chi connectivity index (χ1v) is 9.12. The third-order valence-corrected chi connectivity index (χ3v) is 4.79. The number of hydrogen-bond donors (Lipinski definition) is 2. The highest BCUT2D eigenvalue weighted by atomic mass is 16.4. The first-order valence-electron chi connectivity index (χ1n) is 9.12. The van der Waals surface area contributed by atoms with Gasteiger partial charge >= 0.3 is 0 Å². The van der Waals surface area contributed by atoms with Crippen LogP contribution >= 0.6 is 0 Å². The summed E-state index contributed by atoms with van der Waals surface area (Å²) in [5.74, 6) is -0.131. The standard InChI is InChI=1S/C22H18N4O2/c27-21-18(25-22-24-17-11-5-7-13-20(17)28-22)14-26(15-8-2-1-3-9-15)19-12-6-4-10-16(19)23-21/h1-13,18H,14H2,(H,23,27)(H,24,25). The number of oxazole rings is 1. The van der Waals surface area contributed by atoms with Gasteiger partial charge < -0.3 is 20.0 Å². The first kappa shape index (κ1) is 16.4. The normalized spacial score (nSPS) is 16.4. The van der Waals surface area contributed by atoms with Crippen LogP contribution in [0.3, 0.4) is 0 Å². The summed E-state index contributed by atoms with van der Waals surface area (Å²) in [7, 11) is 0. The zero-order chi connectivity index (χ0) is 18.9. The maximum absolute atomic E-state index is 12.9. The largest absolute Gasteiger partial charge is 0.424 e. The first-order chi connectivity index (χ1) is 13.8. The van der Waals surface area contributed by atoms with Crippen LogP contribution in [-0.4, -0.2) is 23.5 Å². The monoisotopic (exact) mass is 370 g/mol. The summed E-state index contributed by atoms with van der Waals surface area (Å²) >= 11 is 0. The van der Waals surface area contributed by atoms with E-state index in [-0.39, 0.29) is 5.91 Å². The summed E-state index contributed by atoms with van der Waals surface area (Å²) in [6.07, 6.45) is 0. The second kappa shape index (κ2) is 6.74. The van der Waals surface area contributed by atoms with Gasteiger partial charge in [-0.3, -0.25) is 4.79 Å². The fourth-order valence-electron chi connectivity index (χ4n) is 3.45. The summed E-state index contributed by atoms with van der Waals surface area (Å²) in [4.78, 5) is 19.5. The molecule has 1 unspecified atom stereocenters. The molecule has 28 heavy (non-hydrogen) atoms. The number of nitrogens with one attached hydrogen (secondary N) is 2. The molecule has 0 bridgehead atoms. The van der Waals surface area contributed by atoms with Gasteiger partial charge in [0.05, 0.1) is 17.9 Å². The van der Waals surface area contributed by atoms with Gasteiger partial charge in [-0.1, -0.05) is 42.5 Å². The number of amides is 1. The second-order valence-corrected chi connectivity index (χ2v) is 6.64. The third kappa shape index (κ3) is 2.95. The predicted molar refractivity (Wildman–Crippen MR) is 110 cm³/mol. The number of rotatable bonds is 3. The summed E-state index contributed by atoms with van der Waals surface area (Å²) in [5, 5.41) is 6.18. The van der Waals surface area contributed by atoms with E-state index in [0.717, 1.165) is 22.6 Å². The molecule has 0 spiro atoms. The van der Waals surface area contributed by atoms with Crippen LogP contribution in [-0.2, 0) is 4.79 Å². The second-order valence-electron chi connectivity index (χ2n) is 6.64. The third-order valence-electron chi connectivity index (χ3n) is 4.79. The van der Waals surface area contributed by atoms with E-state index < -0.39 is 6.04 Å². The maximum atomic E-state index is 12.9. The van der Waals surface area contributed by atoms with Crippen LogP contribution in [0.2, 0.25) is 0 Å². The van der Waals surface area contributed by atoms with Gasteiger partial charge in [0.2, 0.25) is 5.91 Å². The van der Waals surface area contributed by atoms with E-state index >= 15 is 0 Å². The smallest absolute Gasteiger partial charge is 0.296 e. The Kier molecular flexibility index (Phi) is 3.94.